The highest BCUT2D eigenvalue weighted by Crippen LogP contribution is 2.59. The molecule has 0 heterocycles. The summed E-state index contributed by atoms with van der Waals surface area (Å²) in [6, 6.07) is 46.4. The summed E-state index contributed by atoms with van der Waals surface area (Å²) in [5, 5.41) is 6.76. The molecule has 0 atom stereocenters. The zero-order chi connectivity index (χ0) is 21.1. The third kappa shape index (κ3) is 3.74. The van der Waals surface area contributed by atoms with Gasteiger partial charge in [0.05, 0.1) is 6.16 Å². The van der Waals surface area contributed by atoms with Crippen LogP contribution < -0.4 is 15.9 Å². The van der Waals surface area contributed by atoms with Gasteiger partial charge in [-0.25, -0.2) is 0 Å². The van der Waals surface area contributed by atoms with Gasteiger partial charge in [0.15, 0.2) is 0 Å². The van der Waals surface area contributed by atoms with Gasteiger partial charge in [-0.05, 0) is 63.1 Å². The first-order chi connectivity index (χ1) is 15.3. The van der Waals surface area contributed by atoms with Gasteiger partial charge in [-0.1, -0.05) is 91.0 Å². The van der Waals surface area contributed by atoms with Gasteiger partial charge >= 0.3 is 0 Å². The lowest BCUT2D eigenvalue weighted by molar-refractivity contribution is 1.38. The van der Waals surface area contributed by atoms with Gasteiger partial charge < -0.3 is 0 Å². The van der Waals surface area contributed by atoms with Crippen molar-refractivity contribution in [2.24, 2.45) is 0 Å². The normalized spacial score (nSPS) is 11.5. The molecule has 0 nitrogen and oxygen atoms in total. The molecule has 0 bridgehead atoms. The Labute approximate surface area is 193 Å². The number of rotatable bonds is 5. The molecule has 0 aliphatic heterocycles. The molecule has 0 aliphatic rings. The maximum absolute atomic E-state index is 3.97. The fraction of sp³-hybridized carbons (Fsp3) is 0.0345. The SMILES string of the molecule is Brc1c(C[P+](c2ccccc2)(c2ccccc2)c2ccccc2)ccc2ccccc12. The van der Waals surface area contributed by atoms with Crippen LogP contribution in [0, 0.1) is 0 Å². The molecule has 31 heavy (non-hydrogen) atoms. The summed E-state index contributed by atoms with van der Waals surface area (Å²) in [6.07, 6.45) is 0.969. The van der Waals surface area contributed by atoms with Gasteiger partial charge in [-0.15, -0.1) is 0 Å². The second kappa shape index (κ2) is 8.79. The third-order valence-electron chi connectivity index (χ3n) is 5.94. The van der Waals surface area contributed by atoms with Crippen LogP contribution >= 0.6 is 23.2 Å². The molecule has 0 amide bonds. The molecule has 0 aliphatic carbocycles. The molecular formula is C29H23BrP+. The molecule has 5 rings (SSSR count). The van der Waals surface area contributed by atoms with Gasteiger partial charge in [0, 0.05) is 10.0 Å². The maximum Gasteiger partial charge on any atom is 0.116 e. The van der Waals surface area contributed by atoms with Gasteiger partial charge in [0.1, 0.15) is 23.2 Å². The highest BCUT2D eigenvalue weighted by Gasteiger charge is 2.45. The predicted molar refractivity (Wildman–Crippen MR) is 140 cm³/mol. The van der Waals surface area contributed by atoms with E-state index in [1.54, 1.807) is 0 Å². The lowest BCUT2D eigenvalue weighted by atomic mass is 10.1. The van der Waals surface area contributed by atoms with E-state index < -0.39 is 7.26 Å². The molecule has 2 heteroatoms. The summed E-state index contributed by atoms with van der Waals surface area (Å²) in [4.78, 5) is 0. The molecule has 0 spiro atoms. The Morgan fingerprint density at radius 2 is 0.935 bits per heavy atom. The van der Waals surface area contributed by atoms with E-state index in [-0.39, 0.29) is 0 Å². The van der Waals surface area contributed by atoms with E-state index in [4.69, 9.17) is 0 Å². The quantitative estimate of drug-likeness (QED) is 0.235. The highest BCUT2D eigenvalue weighted by atomic mass is 79.9. The van der Waals surface area contributed by atoms with E-state index in [9.17, 15) is 0 Å². The minimum absolute atomic E-state index is 0.969. The molecule has 0 fully saturated rings. The fourth-order valence-corrected chi connectivity index (χ4v) is 9.53. The van der Waals surface area contributed by atoms with Crippen LogP contribution in [0.25, 0.3) is 10.8 Å². The Bertz CT molecular complexity index is 1200. The Hall–Kier alpha value is -2.73. The minimum Gasteiger partial charge on any atom is -0.0620 e. The van der Waals surface area contributed by atoms with Crippen molar-refractivity contribution in [3.05, 3.63) is 137 Å². The molecule has 0 unspecified atom stereocenters. The number of hydrogen-bond acceptors (Lipinski definition) is 0. The van der Waals surface area contributed by atoms with Crippen LogP contribution in [0.4, 0.5) is 0 Å². The third-order valence-corrected chi connectivity index (χ3v) is 11.2. The first-order valence-electron chi connectivity index (χ1n) is 10.5. The van der Waals surface area contributed by atoms with Gasteiger partial charge in [-0.3, -0.25) is 0 Å². The van der Waals surface area contributed by atoms with Crippen molar-refractivity contribution in [3.63, 3.8) is 0 Å². The summed E-state index contributed by atoms with van der Waals surface area (Å²) in [7, 11) is -1.91. The maximum atomic E-state index is 3.97. The number of fused-ring (bicyclic) bond motifs is 1. The average molecular weight is 482 g/mol. The molecule has 150 valence electrons. The highest BCUT2D eigenvalue weighted by molar-refractivity contribution is 9.10. The molecule has 0 saturated heterocycles. The number of benzene rings is 5. The van der Waals surface area contributed by atoms with E-state index >= 15 is 0 Å². The molecule has 0 saturated carbocycles. The Morgan fingerprint density at radius 3 is 1.45 bits per heavy atom. The fourth-order valence-electron chi connectivity index (χ4n) is 4.42. The summed E-state index contributed by atoms with van der Waals surface area (Å²) < 4.78 is 1.21. The monoisotopic (exact) mass is 481 g/mol. The number of halogens is 1. The minimum atomic E-state index is -1.91. The van der Waals surface area contributed by atoms with Gasteiger partial charge in [0.2, 0.25) is 0 Å². The summed E-state index contributed by atoms with van der Waals surface area (Å²) in [5.41, 5.74) is 1.35. The van der Waals surface area contributed by atoms with Crippen molar-refractivity contribution in [2.75, 3.05) is 0 Å². The smallest absolute Gasteiger partial charge is 0.0620 e. The molecular weight excluding hydrogens is 459 g/mol. The molecule has 0 aromatic heterocycles. The zero-order valence-electron chi connectivity index (χ0n) is 17.2. The summed E-state index contributed by atoms with van der Waals surface area (Å²) >= 11 is 3.97. The van der Waals surface area contributed by atoms with Crippen LogP contribution in [0.15, 0.2) is 132 Å². The van der Waals surface area contributed by atoms with Crippen LogP contribution in [-0.4, -0.2) is 0 Å². The van der Waals surface area contributed by atoms with Gasteiger partial charge in [-0.2, -0.15) is 0 Å². The van der Waals surface area contributed by atoms with Crippen molar-refractivity contribution >= 4 is 49.9 Å². The van der Waals surface area contributed by atoms with Crippen molar-refractivity contribution < 1.29 is 0 Å². The molecule has 0 radical (unpaired) electrons. The number of hydrogen-bond donors (Lipinski definition) is 0. The standard InChI is InChI=1S/C29H23BrP/c30-29-24(21-20-23-12-10-11-19-28(23)29)22-31(25-13-4-1-5-14-25,26-15-6-2-7-16-26)27-17-8-3-9-18-27/h1-21H,22H2/q+1. The Balaban J connectivity index is 1.80. The van der Waals surface area contributed by atoms with Crippen LogP contribution in [0.1, 0.15) is 5.56 Å². The first kappa shape index (κ1) is 20.2. The molecule has 5 aromatic rings. The average Bonchev–Trinajstić information content (AvgIpc) is 2.86. The lowest BCUT2D eigenvalue weighted by Gasteiger charge is -2.28. The van der Waals surface area contributed by atoms with Crippen LogP contribution in [0.5, 0.6) is 0 Å². The van der Waals surface area contributed by atoms with Crippen LogP contribution in [-0.2, 0) is 6.16 Å². The lowest BCUT2D eigenvalue weighted by Crippen LogP contribution is -2.32. The van der Waals surface area contributed by atoms with Gasteiger partial charge in [0.25, 0.3) is 0 Å². The van der Waals surface area contributed by atoms with E-state index in [0.717, 1.165) is 6.16 Å². The summed E-state index contributed by atoms with van der Waals surface area (Å²) in [5.74, 6) is 0. The largest absolute Gasteiger partial charge is 0.116 e. The van der Waals surface area contributed by atoms with Crippen molar-refractivity contribution in [2.45, 2.75) is 6.16 Å². The Morgan fingerprint density at radius 1 is 0.484 bits per heavy atom. The first-order valence-corrected chi connectivity index (χ1v) is 13.3. The zero-order valence-corrected chi connectivity index (χ0v) is 19.6. The van der Waals surface area contributed by atoms with Crippen molar-refractivity contribution in [1.82, 2.24) is 0 Å². The van der Waals surface area contributed by atoms with Crippen molar-refractivity contribution in [1.29, 1.82) is 0 Å². The molecule has 0 N–H and O–H groups in total. The summed E-state index contributed by atoms with van der Waals surface area (Å²) in [6.45, 7) is 0. The van der Waals surface area contributed by atoms with Crippen LogP contribution in [0.3, 0.4) is 0 Å². The van der Waals surface area contributed by atoms with E-state index in [1.165, 1.54) is 36.7 Å². The van der Waals surface area contributed by atoms with Crippen molar-refractivity contribution in [3.8, 4) is 0 Å². The van der Waals surface area contributed by atoms with E-state index in [2.05, 4.69) is 143 Å². The topological polar surface area (TPSA) is 0 Å². The van der Waals surface area contributed by atoms with E-state index in [0.29, 0.717) is 0 Å². The molecule has 5 aromatic carbocycles. The van der Waals surface area contributed by atoms with E-state index in [1.807, 2.05) is 0 Å². The Kier molecular flexibility index (Phi) is 5.72. The predicted octanol–water partition coefficient (Wildman–Crippen LogP) is 7.10. The van der Waals surface area contributed by atoms with Crippen LogP contribution in [0.2, 0.25) is 0 Å². The second-order valence-corrected chi connectivity index (χ2v) is 12.0. The second-order valence-electron chi connectivity index (χ2n) is 7.73.